The monoisotopic (exact) mass is 332 g/mol. The molecule has 1 unspecified atom stereocenters. The van der Waals surface area contributed by atoms with Crippen molar-refractivity contribution in [1.29, 1.82) is 0 Å². The van der Waals surface area contributed by atoms with Crippen LogP contribution in [0.25, 0.3) is 0 Å². The van der Waals surface area contributed by atoms with Crippen LogP contribution in [0, 0.1) is 0 Å². The van der Waals surface area contributed by atoms with E-state index in [1.807, 2.05) is 29.2 Å². The lowest BCUT2D eigenvalue weighted by atomic mass is 10.1. The van der Waals surface area contributed by atoms with Crippen molar-refractivity contribution in [2.75, 3.05) is 48.0 Å². The number of nitrogens with one attached hydrogen (secondary N) is 1. The highest BCUT2D eigenvalue weighted by atomic mass is 16.3. The predicted octanol–water partition coefficient (Wildman–Crippen LogP) is 0.745. The second-order valence-electron chi connectivity index (χ2n) is 5.42. The lowest BCUT2D eigenvalue weighted by Gasteiger charge is -2.23. The molecule has 0 spiro atoms. The van der Waals surface area contributed by atoms with Crippen LogP contribution in [-0.4, -0.2) is 41.6 Å². The van der Waals surface area contributed by atoms with E-state index in [0.29, 0.717) is 35.7 Å². The van der Waals surface area contributed by atoms with Crippen LogP contribution in [0.2, 0.25) is 0 Å². The van der Waals surface area contributed by atoms with Gasteiger partial charge in [-0.3, -0.25) is 0 Å². The van der Waals surface area contributed by atoms with Gasteiger partial charge >= 0.3 is 0 Å². The zero-order chi connectivity index (χ0) is 17.5. The molecule has 0 aromatic heterocycles. The van der Waals surface area contributed by atoms with Crippen LogP contribution in [0.15, 0.2) is 42.5 Å². The average Bonchev–Trinajstić information content (AvgIpc) is 2.57. The average molecular weight is 332 g/mol. The van der Waals surface area contributed by atoms with Gasteiger partial charge in [0, 0.05) is 41.4 Å². The van der Waals surface area contributed by atoms with Gasteiger partial charge in [0.25, 0.3) is 0 Å². The fraction of sp³-hybridized carbons (Fsp3) is 0.294. The van der Waals surface area contributed by atoms with Gasteiger partial charge in [-0.2, -0.15) is 0 Å². The maximum absolute atomic E-state index is 10.3. The van der Waals surface area contributed by atoms with Crippen LogP contribution in [-0.2, 0) is 0 Å². The SMILES string of the molecule is Nc1ccc(N)c(C(O)Nc2ccc(N(CCO)CCO)cc2)c1. The first kappa shape index (κ1) is 17.9. The summed E-state index contributed by atoms with van der Waals surface area (Å²) in [7, 11) is 0. The molecule has 24 heavy (non-hydrogen) atoms. The van der Waals surface area contributed by atoms with Crippen molar-refractivity contribution in [2.24, 2.45) is 0 Å². The topological polar surface area (TPSA) is 128 Å². The molecule has 2 aromatic rings. The Kier molecular flexibility index (Phi) is 6.25. The number of nitrogens with two attached hydrogens (primary N) is 2. The number of hydrogen-bond acceptors (Lipinski definition) is 7. The summed E-state index contributed by atoms with van der Waals surface area (Å²) in [5.74, 6) is 0. The number of anilines is 4. The second kappa shape index (κ2) is 8.39. The third-order valence-corrected chi connectivity index (χ3v) is 3.68. The van der Waals surface area contributed by atoms with E-state index in [4.69, 9.17) is 21.7 Å². The molecule has 7 heteroatoms. The minimum absolute atomic E-state index is 0.00736. The molecule has 0 aliphatic rings. The van der Waals surface area contributed by atoms with Crippen molar-refractivity contribution < 1.29 is 15.3 Å². The lowest BCUT2D eigenvalue weighted by Crippen LogP contribution is -2.29. The quantitative estimate of drug-likeness (QED) is 0.311. The second-order valence-corrected chi connectivity index (χ2v) is 5.42. The summed E-state index contributed by atoms with van der Waals surface area (Å²) in [4.78, 5) is 1.87. The number of nitrogen functional groups attached to an aromatic ring is 2. The first-order valence-corrected chi connectivity index (χ1v) is 7.71. The maximum Gasteiger partial charge on any atom is 0.152 e. The Morgan fingerprint density at radius 2 is 1.58 bits per heavy atom. The smallest absolute Gasteiger partial charge is 0.152 e. The summed E-state index contributed by atoms with van der Waals surface area (Å²) in [6.45, 7) is 0.895. The fourth-order valence-corrected chi connectivity index (χ4v) is 2.45. The van der Waals surface area contributed by atoms with Crippen molar-refractivity contribution in [3.8, 4) is 0 Å². The van der Waals surface area contributed by atoms with Gasteiger partial charge in [0.15, 0.2) is 6.23 Å². The highest BCUT2D eigenvalue weighted by molar-refractivity contribution is 5.59. The first-order chi connectivity index (χ1) is 11.5. The van der Waals surface area contributed by atoms with E-state index in [2.05, 4.69) is 5.32 Å². The van der Waals surface area contributed by atoms with Gasteiger partial charge in [0.2, 0.25) is 0 Å². The summed E-state index contributed by atoms with van der Waals surface area (Å²) in [6.07, 6.45) is -0.981. The predicted molar refractivity (Wildman–Crippen MR) is 96.7 cm³/mol. The summed E-state index contributed by atoms with van der Waals surface area (Å²) in [6, 6.07) is 12.3. The maximum atomic E-state index is 10.3. The molecule has 130 valence electrons. The van der Waals surface area contributed by atoms with Gasteiger partial charge in [0.05, 0.1) is 13.2 Å². The Hall–Kier alpha value is -2.48. The molecule has 2 aromatic carbocycles. The molecule has 0 radical (unpaired) electrons. The van der Waals surface area contributed by atoms with E-state index in [1.165, 1.54) is 0 Å². The fourth-order valence-electron chi connectivity index (χ4n) is 2.45. The van der Waals surface area contributed by atoms with Crippen molar-refractivity contribution >= 4 is 22.7 Å². The van der Waals surface area contributed by atoms with Crippen LogP contribution in [0.3, 0.4) is 0 Å². The molecule has 0 saturated carbocycles. The molecule has 0 fully saturated rings. The van der Waals surface area contributed by atoms with Gasteiger partial charge in [-0.05, 0) is 42.5 Å². The first-order valence-electron chi connectivity index (χ1n) is 7.71. The van der Waals surface area contributed by atoms with E-state index in [0.717, 1.165) is 5.69 Å². The van der Waals surface area contributed by atoms with Crippen LogP contribution in [0.5, 0.6) is 0 Å². The highest BCUT2D eigenvalue weighted by Crippen LogP contribution is 2.25. The van der Waals surface area contributed by atoms with Crippen molar-refractivity contribution in [1.82, 2.24) is 0 Å². The summed E-state index contributed by atoms with van der Waals surface area (Å²) in [5, 5.41) is 31.4. The van der Waals surface area contributed by atoms with Gasteiger partial charge in [-0.15, -0.1) is 0 Å². The van der Waals surface area contributed by atoms with E-state index in [-0.39, 0.29) is 13.2 Å². The van der Waals surface area contributed by atoms with Gasteiger partial charge in [0.1, 0.15) is 0 Å². The van der Waals surface area contributed by atoms with E-state index >= 15 is 0 Å². The van der Waals surface area contributed by atoms with Crippen molar-refractivity contribution in [3.63, 3.8) is 0 Å². The number of rotatable bonds is 8. The van der Waals surface area contributed by atoms with Gasteiger partial charge in [-0.1, -0.05) is 0 Å². The molecule has 0 amide bonds. The third-order valence-electron chi connectivity index (χ3n) is 3.68. The minimum Gasteiger partial charge on any atom is -0.399 e. The zero-order valence-electron chi connectivity index (χ0n) is 13.4. The van der Waals surface area contributed by atoms with E-state index in [9.17, 15) is 5.11 Å². The molecule has 0 bridgehead atoms. The third kappa shape index (κ3) is 4.51. The molecular formula is C17H24N4O3. The Labute approximate surface area is 141 Å². The number of aliphatic hydroxyl groups is 3. The number of hydrogen-bond donors (Lipinski definition) is 6. The van der Waals surface area contributed by atoms with Crippen molar-refractivity contribution in [3.05, 3.63) is 48.0 Å². The van der Waals surface area contributed by atoms with E-state index < -0.39 is 6.23 Å². The summed E-state index contributed by atoms with van der Waals surface area (Å²) < 4.78 is 0. The zero-order valence-corrected chi connectivity index (χ0v) is 13.4. The highest BCUT2D eigenvalue weighted by Gasteiger charge is 2.12. The number of aliphatic hydroxyl groups excluding tert-OH is 3. The molecule has 0 aliphatic heterocycles. The molecule has 0 saturated heterocycles. The molecule has 8 N–H and O–H groups in total. The van der Waals surface area contributed by atoms with E-state index in [1.54, 1.807) is 18.2 Å². The Bertz CT molecular complexity index is 643. The van der Waals surface area contributed by atoms with Crippen LogP contribution in [0.1, 0.15) is 11.8 Å². The largest absolute Gasteiger partial charge is 0.399 e. The van der Waals surface area contributed by atoms with Crippen LogP contribution in [0.4, 0.5) is 22.7 Å². The lowest BCUT2D eigenvalue weighted by molar-refractivity contribution is 0.209. The Morgan fingerprint density at radius 3 is 2.17 bits per heavy atom. The standard InChI is InChI=1S/C17H24N4O3/c18-12-1-6-16(19)15(11-12)17(24)20-13-2-4-14(5-3-13)21(7-9-22)8-10-23/h1-6,11,17,20,22-24H,7-10,18-19H2. The number of nitrogens with zero attached hydrogens (tertiary/aromatic N) is 1. The molecule has 0 aliphatic carbocycles. The summed E-state index contributed by atoms with van der Waals surface area (Å²) >= 11 is 0. The molecule has 1 atom stereocenters. The van der Waals surface area contributed by atoms with Gasteiger partial charge in [-0.25, -0.2) is 0 Å². The molecule has 2 rings (SSSR count). The van der Waals surface area contributed by atoms with Crippen LogP contribution >= 0.6 is 0 Å². The normalized spacial score (nSPS) is 12.0. The molecule has 0 heterocycles. The Balaban J connectivity index is 2.09. The number of benzene rings is 2. The van der Waals surface area contributed by atoms with Gasteiger partial charge < -0.3 is 37.0 Å². The molecule has 7 nitrogen and oxygen atoms in total. The van der Waals surface area contributed by atoms with Crippen LogP contribution < -0.4 is 21.7 Å². The Morgan fingerprint density at radius 1 is 0.958 bits per heavy atom. The minimum atomic E-state index is -0.981. The summed E-state index contributed by atoms with van der Waals surface area (Å²) in [5.41, 5.74) is 14.7. The van der Waals surface area contributed by atoms with Crippen molar-refractivity contribution in [2.45, 2.75) is 6.23 Å². The molecular weight excluding hydrogens is 308 g/mol.